The number of nitrogens with one attached hydrogen (secondary N) is 1. The Kier molecular flexibility index (Phi) is 3.76. The van der Waals surface area contributed by atoms with Crippen LogP contribution in [0, 0.1) is 6.92 Å². The van der Waals surface area contributed by atoms with Crippen LogP contribution in [0.1, 0.15) is 5.56 Å². The van der Waals surface area contributed by atoms with Gasteiger partial charge in [-0.3, -0.25) is 4.72 Å². The predicted molar refractivity (Wildman–Crippen MR) is 75.0 cm³/mol. The van der Waals surface area contributed by atoms with Gasteiger partial charge in [0.15, 0.2) is 0 Å². The molecule has 0 aliphatic carbocycles. The molecule has 0 heterocycles. The molecule has 0 spiro atoms. The summed E-state index contributed by atoms with van der Waals surface area (Å²) >= 11 is 0. The van der Waals surface area contributed by atoms with E-state index in [1.807, 2.05) is 19.1 Å². The van der Waals surface area contributed by atoms with Crippen LogP contribution in [0.5, 0.6) is 5.75 Å². The highest BCUT2D eigenvalue weighted by atomic mass is 32.2. The van der Waals surface area contributed by atoms with Crippen LogP contribution in [0.3, 0.4) is 0 Å². The second-order valence-electron chi connectivity index (χ2n) is 4.15. The van der Waals surface area contributed by atoms with Crippen molar-refractivity contribution in [3.05, 3.63) is 54.1 Å². The number of methoxy groups -OCH3 is 1. The van der Waals surface area contributed by atoms with Gasteiger partial charge in [-0.2, -0.15) is 0 Å². The molecule has 0 aliphatic heterocycles. The fourth-order valence-electron chi connectivity index (χ4n) is 1.60. The molecule has 2 rings (SSSR count). The molecule has 0 aliphatic rings. The zero-order valence-corrected chi connectivity index (χ0v) is 11.6. The van der Waals surface area contributed by atoms with Gasteiger partial charge in [0.2, 0.25) is 0 Å². The fourth-order valence-corrected chi connectivity index (χ4v) is 2.70. The summed E-state index contributed by atoms with van der Waals surface area (Å²) in [7, 11) is -2.09. The molecule has 0 aromatic heterocycles. The van der Waals surface area contributed by atoms with Crippen LogP contribution in [-0.4, -0.2) is 15.5 Å². The lowest BCUT2D eigenvalue weighted by Crippen LogP contribution is -2.12. The van der Waals surface area contributed by atoms with Crippen LogP contribution in [-0.2, 0) is 10.0 Å². The second kappa shape index (κ2) is 5.32. The van der Waals surface area contributed by atoms with Gasteiger partial charge in [0.1, 0.15) is 5.75 Å². The Morgan fingerprint density at radius 1 is 1.05 bits per heavy atom. The molecule has 19 heavy (non-hydrogen) atoms. The Bertz CT molecular complexity index is 663. The summed E-state index contributed by atoms with van der Waals surface area (Å²) in [4.78, 5) is 0.174. The van der Waals surface area contributed by atoms with Crippen molar-refractivity contribution >= 4 is 15.7 Å². The van der Waals surface area contributed by atoms with Gasteiger partial charge in [0.25, 0.3) is 10.0 Å². The van der Waals surface area contributed by atoms with E-state index in [0.29, 0.717) is 11.4 Å². The highest BCUT2D eigenvalue weighted by Crippen LogP contribution is 2.20. The van der Waals surface area contributed by atoms with Gasteiger partial charge in [-0.25, -0.2) is 8.42 Å². The number of hydrogen-bond acceptors (Lipinski definition) is 3. The van der Waals surface area contributed by atoms with Crippen molar-refractivity contribution in [2.75, 3.05) is 11.8 Å². The lowest BCUT2D eigenvalue weighted by molar-refractivity contribution is 0.413. The molecule has 0 saturated heterocycles. The molecular weight excluding hydrogens is 262 g/mol. The largest absolute Gasteiger partial charge is 0.497 e. The van der Waals surface area contributed by atoms with E-state index < -0.39 is 10.0 Å². The highest BCUT2D eigenvalue weighted by molar-refractivity contribution is 7.92. The SMILES string of the molecule is COc1cccc(S(=O)(=O)Nc2ccc(C)cc2)c1. The minimum absolute atomic E-state index is 0.174. The summed E-state index contributed by atoms with van der Waals surface area (Å²) in [6.45, 7) is 1.94. The lowest BCUT2D eigenvalue weighted by Gasteiger charge is -2.09. The molecule has 2 aromatic rings. The van der Waals surface area contributed by atoms with Crippen molar-refractivity contribution in [2.45, 2.75) is 11.8 Å². The normalized spacial score (nSPS) is 11.1. The Balaban J connectivity index is 2.29. The molecular formula is C14H15NO3S. The van der Waals surface area contributed by atoms with Gasteiger partial charge in [-0.1, -0.05) is 23.8 Å². The summed E-state index contributed by atoms with van der Waals surface area (Å²) < 4.78 is 31.9. The van der Waals surface area contributed by atoms with E-state index >= 15 is 0 Å². The van der Waals surface area contributed by atoms with Crippen LogP contribution in [0.4, 0.5) is 5.69 Å². The molecule has 4 nitrogen and oxygen atoms in total. The van der Waals surface area contributed by atoms with Crippen molar-refractivity contribution in [1.29, 1.82) is 0 Å². The van der Waals surface area contributed by atoms with Crippen molar-refractivity contribution in [3.8, 4) is 5.75 Å². The number of aryl methyl sites for hydroxylation is 1. The third-order valence-electron chi connectivity index (χ3n) is 2.66. The molecule has 0 saturated carbocycles. The zero-order chi connectivity index (χ0) is 13.9. The average molecular weight is 277 g/mol. The molecule has 0 bridgehead atoms. The van der Waals surface area contributed by atoms with E-state index in [0.717, 1.165) is 5.56 Å². The first-order valence-electron chi connectivity index (χ1n) is 5.75. The average Bonchev–Trinajstić information content (AvgIpc) is 2.41. The number of anilines is 1. The van der Waals surface area contributed by atoms with Crippen molar-refractivity contribution in [2.24, 2.45) is 0 Å². The van der Waals surface area contributed by atoms with Gasteiger partial charge in [0.05, 0.1) is 12.0 Å². The zero-order valence-electron chi connectivity index (χ0n) is 10.8. The van der Waals surface area contributed by atoms with Crippen molar-refractivity contribution in [3.63, 3.8) is 0 Å². The summed E-state index contributed by atoms with van der Waals surface area (Å²) in [5.41, 5.74) is 1.61. The minimum atomic E-state index is -3.59. The van der Waals surface area contributed by atoms with Gasteiger partial charge < -0.3 is 4.74 Å². The monoisotopic (exact) mass is 277 g/mol. The van der Waals surface area contributed by atoms with E-state index in [1.165, 1.54) is 19.2 Å². The molecule has 0 unspecified atom stereocenters. The van der Waals surface area contributed by atoms with E-state index in [1.54, 1.807) is 24.3 Å². The number of rotatable bonds is 4. The van der Waals surface area contributed by atoms with E-state index in [9.17, 15) is 8.42 Å². The summed E-state index contributed by atoms with van der Waals surface area (Å²) in [6.07, 6.45) is 0. The first-order valence-corrected chi connectivity index (χ1v) is 7.23. The van der Waals surface area contributed by atoms with Crippen LogP contribution in [0.25, 0.3) is 0 Å². The Morgan fingerprint density at radius 3 is 2.37 bits per heavy atom. The smallest absolute Gasteiger partial charge is 0.262 e. The number of hydrogen-bond donors (Lipinski definition) is 1. The maximum Gasteiger partial charge on any atom is 0.262 e. The van der Waals surface area contributed by atoms with Gasteiger partial charge in [0, 0.05) is 11.8 Å². The highest BCUT2D eigenvalue weighted by Gasteiger charge is 2.14. The summed E-state index contributed by atoms with van der Waals surface area (Å²) in [6, 6.07) is 13.5. The van der Waals surface area contributed by atoms with E-state index in [2.05, 4.69) is 4.72 Å². The van der Waals surface area contributed by atoms with Crippen molar-refractivity contribution in [1.82, 2.24) is 0 Å². The summed E-state index contributed by atoms with van der Waals surface area (Å²) in [5.74, 6) is 0.506. The third kappa shape index (κ3) is 3.26. The minimum Gasteiger partial charge on any atom is -0.497 e. The fraction of sp³-hybridized carbons (Fsp3) is 0.143. The van der Waals surface area contributed by atoms with Gasteiger partial charge >= 0.3 is 0 Å². The summed E-state index contributed by atoms with van der Waals surface area (Å²) in [5, 5.41) is 0. The van der Waals surface area contributed by atoms with Gasteiger partial charge in [-0.15, -0.1) is 0 Å². The maximum absolute atomic E-state index is 12.2. The molecule has 2 aromatic carbocycles. The second-order valence-corrected chi connectivity index (χ2v) is 5.83. The van der Waals surface area contributed by atoms with E-state index in [-0.39, 0.29) is 4.90 Å². The van der Waals surface area contributed by atoms with Gasteiger partial charge in [-0.05, 0) is 31.2 Å². The van der Waals surface area contributed by atoms with Crippen LogP contribution in [0.2, 0.25) is 0 Å². The Labute approximate surface area is 113 Å². The Hall–Kier alpha value is -2.01. The van der Waals surface area contributed by atoms with E-state index in [4.69, 9.17) is 4.74 Å². The molecule has 0 amide bonds. The lowest BCUT2D eigenvalue weighted by atomic mass is 10.2. The first-order chi connectivity index (χ1) is 9.01. The van der Waals surface area contributed by atoms with Crippen LogP contribution < -0.4 is 9.46 Å². The quantitative estimate of drug-likeness (QED) is 0.935. The molecule has 0 atom stereocenters. The number of benzene rings is 2. The topological polar surface area (TPSA) is 55.4 Å². The standard InChI is InChI=1S/C14H15NO3S/c1-11-6-8-12(9-7-11)15-19(16,17)14-5-3-4-13(10-14)18-2/h3-10,15H,1-2H3. The number of ether oxygens (including phenoxy) is 1. The first kappa shape index (κ1) is 13.4. The maximum atomic E-state index is 12.2. The van der Waals surface area contributed by atoms with Crippen LogP contribution >= 0.6 is 0 Å². The molecule has 1 N–H and O–H groups in total. The molecule has 0 radical (unpaired) electrons. The molecule has 100 valence electrons. The third-order valence-corrected chi connectivity index (χ3v) is 4.03. The van der Waals surface area contributed by atoms with Crippen LogP contribution in [0.15, 0.2) is 53.4 Å². The predicted octanol–water partition coefficient (Wildman–Crippen LogP) is 2.80. The molecule has 5 heteroatoms. The molecule has 0 fully saturated rings. The van der Waals surface area contributed by atoms with Crippen molar-refractivity contribution < 1.29 is 13.2 Å². The Morgan fingerprint density at radius 2 is 1.74 bits per heavy atom. The number of sulfonamides is 1.